The Hall–Kier alpha value is -2.67. The number of carbonyl (C=O) groups excluding carboxylic acids is 1. The predicted molar refractivity (Wildman–Crippen MR) is 90.0 cm³/mol. The molecule has 1 aromatic carbocycles. The molecular weight excluding hydrogens is 334 g/mol. The molecule has 0 radical (unpaired) electrons. The largest absolute Gasteiger partial charge is 0.466 e. The third-order valence-electron chi connectivity index (χ3n) is 3.23. The summed E-state index contributed by atoms with van der Waals surface area (Å²) in [5.41, 5.74) is 0.561. The number of anilines is 1. The van der Waals surface area contributed by atoms with Gasteiger partial charge in [-0.2, -0.15) is 0 Å². The fourth-order valence-corrected chi connectivity index (χ4v) is 2.32. The van der Waals surface area contributed by atoms with Crippen LogP contribution in [0.4, 0.5) is 11.5 Å². The lowest BCUT2D eigenvalue weighted by atomic mass is 10.0. The molecule has 2 rings (SSSR count). The van der Waals surface area contributed by atoms with Crippen LogP contribution in [0.3, 0.4) is 0 Å². The van der Waals surface area contributed by atoms with Gasteiger partial charge in [-0.05, 0) is 18.6 Å². The maximum Gasteiger partial charge on any atom is 0.311 e. The van der Waals surface area contributed by atoms with Crippen molar-refractivity contribution in [2.45, 2.75) is 19.4 Å². The van der Waals surface area contributed by atoms with E-state index in [0.29, 0.717) is 0 Å². The Kier molecular flexibility index (Phi) is 6.08. The average molecular weight is 350 g/mol. The number of hydrogen-bond acceptors (Lipinski definition) is 6. The molecule has 0 bridgehead atoms. The molecule has 7 nitrogen and oxygen atoms in total. The summed E-state index contributed by atoms with van der Waals surface area (Å²) >= 11 is 5.84. The van der Waals surface area contributed by atoms with E-state index < -0.39 is 16.9 Å². The molecule has 1 atom stereocenters. The highest BCUT2D eigenvalue weighted by atomic mass is 35.5. The number of esters is 1. The average Bonchev–Trinajstić information content (AvgIpc) is 2.55. The van der Waals surface area contributed by atoms with Gasteiger partial charge in [0.25, 0.3) is 0 Å². The molecule has 126 valence electrons. The van der Waals surface area contributed by atoms with Crippen LogP contribution < -0.4 is 5.32 Å². The number of rotatable bonds is 7. The Bertz CT molecular complexity index is 725. The van der Waals surface area contributed by atoms with Gasteiger partial charge in [-0.1, -0.05) is 41.9 Å². The van der Waals surface area contributed by atoms with Crippen molar-refractivity contribution in [1.29, 1.82) is 0 Å². The van der Waals surface area contributed by atoms with Crippen LogP contribution in [-0.4, -0.2) is 22.5 Å². The van der Waals surface area contributed by atoms with Gasteiger partial charge >= 0.3 is 11.7 Å². The van der Waals surface area contributed by atoms with Crippen molar-refractivity contribution in [2.24, 2.45) is 0 Å². The maximum absolute atomic E-state index is 11.9. The first-order valence-corrected chi connectivity index (χ1v) is 7.67. The Morgan fingerprint density at radius 3 is 2.67 bits per heavy atom. The second-order valence-electron chi connectivity index (χ2n) is 4.88. The molecule has 0 aliphatic rings. The molecular formula is C16H16ClN3O4. The first-order valence-electron chi connectivity index (χ1n) is 7.29. The van der Waals surface area contributed by atoms with Crippen LogP contribution in [0, 0.1) is 10.1 Å². The number of benzene rings is 1. The van der Waals surface area contributed by atoms with E-state index in [4.69, 9.17) is 16.3 Å². The van der Waals surface area contributed by atoms with Crippen molar-refractivity contribution in [1.82, 2.24) is 4.98 Å². The zero-order valence-electron chi connectivity index (χ0n) is 12.9. The fourth-order valence-electron chi connectivity index (χ4n) is 2.17. The van der Waals surface area contributed by atoms with Gasteiger partial charge in [0.15, 0.2) is 0 Å². The molecule has 0 saturated heterocycles. The SMILES string of the molecule is CCOC(=O)CC(Nc1nc(Cl)ccc1[N+](=O)[O-])c1ccccc1. The number of ether oxygens (including phenoxy) is 1. The van der Waals surface area contributed by atoms with Crippen LogP contribution in [0.1, 0.15) is 24.9 Å². The number of nitrogens with one attached hydrogen (secondary N) is 1. The summed E-state index contributed by atoms with van der Waals surface area (Å²) in [5, 5.41) is 14.2. The molecule has 0 aliphatic carbocycles. The minimum Gasteiger partial charge on any atom is -0.466 e. The van der Waals surface area contributed by atoms with Gasteiger partial charge in [0, 0.05) is 6.07 Å². The molecule has 1 aromatic heterocycles. The summed E-state index contributed by atoms with van der Waals surface area (Å²) in [6.07, 6.45) is 0.00318. The molecule has 2 aromatic rings. The molecule has 1 heterocycles. The van der Waals surface area contributed by atoms with E-state index in [1.54, 1.807) is 6.92 Å². The molecule has 8 heteroatoms. The van der Waals surface area contributed by atoms with Gasteiger partial charge < -0.3 is 10.1 Å². The second-order valence-corrected chi connectivity index (χ2v) is 5.26. The predicted octanol–water partition coefficient (Wildman–Crippen LogP) is 3.75. The first kappa shape index (κ1) is 17.7. The van der Waals surface area contributed by atoms with Crippen LogP contribution in [0.25, 0.3) is 0 Å². The van der Waals surface area contributed by atoms with Crippen molar-refractivity contribution < 1.29 is 14.5 Å². The summed E-state index contributed by atoms with van der Waals surface area (Å²) in [5.74, 6) is -0.408. The minimum atomic E-state index is -0.557. The van der Waals surface area contributed by atoms with Crippen molar-refractivity contribution in [2.75, 3.05) is 11.9 Å². The molecule has 1 unspecified atom stereocenters. The number of carbonyl (C=O) groups is 1. The molecule has 0 spiro atoms. The lowest BCUT2D eigenvalue weighted by molar-refractivity contribution is -0.384. The third-order valence-corrected chi connectivity index (χ3v) is 3.44. The smallest absolute Gasteiger partial charge is 0.311 e. The van der Waals surface area contributed by atoms with Crippen LogP contribution in [-0.2, 0) is 9.53 Å². The quantitative estimate of drug-likeness (QED) is 0.354. The Labute approximate surface area is 143 Å². The van der Waals surface area contributed by atoms with Crippen LogP contribution >= 0.6 is 11.6 Å². The summed E-state index contributed by atoms with van der Waals surface area (Å²) in [7, 11) is 0. The summed E-state index contributed by atoms with van der Waals surface area (Å²) in [6, 6.07) is 11.2. The number of hydrogen-bond donors (Lipinski definition) is 1. The van der Waals surface area contributed by atoms with Gasteiger partial charge in [0.05, 0.1) is 24.0 Å². The molecule has 0 amide bonds. The lowest BCUT2D eigenvalue weighted by Gasteiger charge is -2.19. The van der Waals surface area contributed by atoms with Crippen molar-refractivity contribution in [3.05, 3.63) is 63.3 Å². The van der Waals surface area contributed by atoms with Gasteiger partial charge in [-0.3, -0.25) is 14.9 Å². The number of nitrogens with zero attached hydrogens (tertiary/aromatic N) is 2. The number of halogens is 1. The normalized spacial score (nSPS) is 11.6. The highest BCUT2D eigenvalue weighted by molar-refractivity contribution is 6.29. The lowest BCUT2D eigenvalue weighted by Crippen LogP contribution is -2.18. The summed E-state index contributed by atoms with van der Waals surface area (Å²) < 4.78 is 4.97. The van der Waals surface area contributed by atoms with E-state index in [1.807, 2.05) is 30.3 Å². The van der Waals surface area contributed by atoms with Crippen molar-refractivity contribution in [3.63, 3.8) is 0 Å². The van der Waals surface area contributed by atoms with E-state index in [0.717, 1.165) is 5.56 Å². The van der Waals surface area contributed by atoms with Gasteiger partial charge in [-0.15, -0.1) is 0 Å². The van der Waals surface area contributed by atoms with E-state index in [-0.39, 0.29) is 29.7 Å². The van der Waals surface area contributed by atoms with E-state index in [9.17, 15) is 14.9 Å². The van der Waals surface area contributed by atoms with E-state index in [2.05, 4.69) is 10.3 Å². The fraction of sp³-hybridized carbons (Fsp3) is 0.250. The monoisotopic (exact) mass is 349 g/mol. The topological polar surface area (TPSA) is 94.4 Å². The molecule has 24 heavy (non-hydrogen) atoms. The number of aromatic nitrogens is 1. The van der Waals surface area contributed by atoms with Crippen molar-refractivity contribution >= 4 is 29.1 Å². The van der Waals surface area contributed by atoms with Crippen molar-refractivity contribution in [3.8, 4) is 0 Å². The molecule has 1 N–H and O–H groups in total. The molecule has 0 saturated carbocycles. The zero-order chi connectivity index (χ0) is 17.5. The van der Waals surface area contributed by atoms with Crippen LogP contribution in [0.2, 0.25) is 5.15 Å². The Morgan fingerprint density at radius 1 is 1.33 bits per heavy atom. The van der Waals surface area contributed by atoms with Crippen LogP contribution in [0.5, 0.6) is 0 Å². The maximum atomic E-state index is 11.9. The zero-order valence-corrected chi connectivity index (χ0v) is 13.7. The van der Waals surface area contributed by atoms with Gasteiger partial charge in [0.1, 0.15) is 5.15 Å². The van der Waals surface area contributed by atoms with Crippen LogP contribution in [0.15, 0.2) is 42.5 Å². The molecule has 0 fully saturated rings. The molecule has 0 aliphatic heterocycles. The Balaban J connectivity index is 2.33. The van der Waals surface area contributed by atoms with E-state index in [1.165, 1.54) is 12.1 Å². The number of nitro groups is 1. The summed E-state index contributed by atoms with van der Waals surface area (Å²) in [6.45, 7) is 1.97. The first-order chi connectivity index (χ1) is 11.5. The second kappa shape index (κ2) is 8.26. The Morgan fingerprint density at radius 2 is 2.04 bits per heavy atom. The van der Waals surface area contributed by atoms with E-state index >= 15 is 0 Å². The summed E-state index contributed by atoms with van der Waals surface area (Å²) in [4.78, 5) is 26.4. The third kappa shape index (κ3) is 4.66. The standard InChI is InChI=1S/C16H16ClN3O4/c1-2-24-15(21)10-12(11-6-4-3-5-7-11)18-16-13(20(22)23)8-9-14(17)19-16/h3-9,12H,2,10H2,1H3,(H,18,19). The highest BCUT2D eigenvalue weighted by Crippen LogP contribution is 2.29. The van der Waals surface area contributed by atoms with Gasteiger partial charge in [0.2, 0.25) is 5.82 Å². The van der Waals surface area contributed by atoms with Gasteiger partial charge in [-0.25, -0.2) is 4.98 Å². The highest BCUT2D eigenvalue weighted by Gasteiger charge is 2.22. The number of pyridine rings is 1. The minimum absolute atomic E-state index is 0.00318.